The topological polar surface area (TPSA) is 29.3 Å². The quantitative estimate of drug-likeness (QED) is 0.854. The molecule has 2 heterocycles. The van der Waals surface area contributed by atoms with Crippen molar-refractivity contribution in [2.24, 2.45) is 11.7 Å². The van der Waals surface area contributed by atoms with Crippen molar-refractivity contribution in [3.63, 3.8) is 0 Å². The highest BCUT2D eigenvalue weighted by atomic mass is 32.1. The lowest BCUT2D eigenvalue weighted by Crippen LogP contribution is -2.39. The van der Waals surface area contributed by atoms with E-state index in [2.05, 4.69) is 29.3 Å². The van der Waals surface area contributed by atoms with Crippen LogP contribution in [0.1, 0.15) is 30.7 Å². The maximum absolute atomic E-state index is 5.89. The predicted molar refractivity (Wildman–Crippen MR) is 66.1 cm³/mol. The number of hydrogen-bond acceptors (Lipinski definition) is 3. The SMILES string of the molecule is CC1CCN([C@@H](CN)c2cccs2)CC1. The Hall–Kier alpha value is -0.380. The van der Waals surface area contributed by atoms with Gasteiger partial charge in [-0.25, -0.2) is 0 Å². The van der Waals surface area contributed by atoms with Gasteiger partial charge in [0.2, 0.25) is 0 Å². The van der Waals surface area contributed by atoms with Crippen LogP contribution < -0.4 is 5.73 Å². The van der Waals surface area contributed by atoms with Crippen molar-refractivity contribution in [2.75, 3.05) is 19.6 Å². The average Bonchev–Trinajstić information content (AvgIpc) is 2.75. The summed E-state index contributed by atoms with van der Waals surface area (Å²) in [5, 5.41) is 2.14. The fourth-order valence-electron chi connectivity index (χ4n) is 2.27. The van der Waals surface area contributed by atoms with Crippen LogP contribution >= 0.6 is 11.3 Å². The molecule has 0 bridgehead atoms. The first kappa shape index (κ1) is 11.1. The van der Waals surface area contributed by atoms with E-state index < -0.39 is 0 Å². The number of hydrogen-bond donors (Lipinski definition) is 1. The van der Waals surface area contributed by atoms with Crippen LogP contribution in [0.2, 0.25) is 0 Å². The monoisotopic (exact) mass is 224 g/mol. The number of nitrogens with two attached hydrogens (primary N) is 1. The summed E-state index contributed by atoms with van der Waals surface area (Å²) in [6, 6.07) is 4.78. The van der Waals surface area contributed by atoms with E-state index in [1.165, 1.54) is 30.8 Å². The van der Waals surface area contributed by atoms with Gasteiger partial charge >= 0.3 is 0 Å². The summed E-state index contributed by atoms with van der Waals surface area (Å²) in [6.07, 6.45) is 2.64. The van der Waals surface area contributed by atoms with Gasteiger partial charge in [0.15, 0.2) is 0 Å². The van der Waals surface area contributed by atoms with Crippen molar-refractivity contribution < 1.29 is 0 Å². The highest BCUT2D eigenvalue weighted by Gasteiger charge is 2.23. The van der Waals surface area contributed by atoms with Gasteiger partial charge < -0.3 is 5.73 Å². The molecular weight excluding hydrogens is 204 g/mol. The summed E-state index contributed by atoms with van der Waals surface area (Å²) in [5.74, 6) is 0.892. The molecule has 1 saturated heterocycles. The molecule has 0 aliphatic carbocycles. The zero-order chi connectivity index (χ0) is 10.7. The molecule has 0 saturated carbocycles. The van der Waals surface area contributed by atoms with Crippen molar-refractivity contribution in [2.45, 2.75) is 25.8 Å². The number of likely N-dealkylation sites (tertiary alicyclic amines) is 1. The maximum Gasteiger partial charge on any atom is 0.0564 e. The highest BCUT2D eigenvalue weighted by molar-refractivity contribution is 7.10. The number of rotatable bonds is 3. The van der Waals surface area contributed by atoms with Crippen LogP contribution in [0.5, 0.6) is 0 Å². The van der Waals surface area contributed by atoms with Crippen LogP contribution in [-0.4, -0.2) is 24.5 Å². The van der Waals surface area contributed by atoms with Crippen LogP contribution in [0.25, 0.3) is 0 Å². The molecule has 0 aromatic carbocycles. The summed E-state index contributed by atoms with van der Waals surface area (Å²) in [6.45, 7) is 5.51. The summed E-state index contributed by atoms with van der Waals surface area (Å²) >= 11 is 1.83. The van der Waals surface area contributed by atoms with E-state index >= 15 is 0 Å². The van der Waals surface area contributed by atoms with Gasteiger partial charge in [0, 0.05) is 11.4 Å². The Labute approximate surface area is 96.1 Å². The first-order chi connectivity index (χ1) is 7.31. The molecule has 2 N–H and O–H groups in total. The molecule has 2 rings (SSSR count). The Balaban J connectivity index is 2.01. The molecule has 1 aromatic rings. The molecule has 0 spiro atoms. The van der Waals surface area contributed by atoms with Crippen molar-refractivity contribution in [3.05, 3.63) is 22.4 Å². The number of nitrogens with zero attached hydrogens (tertiary/aromatic N) is 1. The first-order valence-electron chi connectivity index (χ1n) is 5.78. The van der Waals surface area contributed by atoms with Gasteiger partial charge in [-0.05, 0) is 43.3 Å². The smallest absolute Gasteiger partial charge is 0.0564 e. The largest absolute Gasteiger partial charge is 0.329 e. The molecule has 1 aliphatic heterocycles. The molecule has 15 heavy (non-hydrogen) atoms. The van der Waals surface area contributed by atoms with Crippen LogP contribution in [0.4, 0.5) is 0 Å². The number of piperidine rings is 1. The maximum atomic E-state index is 5.89. The molecule has 1 atom stereocenters. The Morgan fingerprint density at radius 1 is 1.53 bits per heavy atom. The van der Waals surface area contributed by atoms with Gasteiger partial charge in [-0.2, -0.15) is 0 Å². The van der Waals surface area contributed by atoms with Crippen molar-refractivity contribution in [1.29, 1.82) is 0 Å². The Morgan fingerprint density at radius 2 is 2.27 bits per heavy atom. The van der Waals surface area contributed by atoms with E-state index in [0.29, 0.717) is 6.04 Å². The van der Waals surface area contributed by atoms with Gasteiger partial charge in [0.05, 0.1) is 6.04 Å². The fourth-order valence-corrected chi connectivity index (χ4v) is 3.14. The second kappa shape index (κ2) is 5.10. The summed E-state index contributed by atoms with van der Waals surface area (Å²) in [5.41, 5.74) is 5.89. The van der Waals surface area contributed by atoms with Crippen molar-refractivity contribution in [1.82, 2.24) is 4.90 Å². The Bertz CT molecular complexity index is 276. The minimum atomic E-state index is 0.456. The van der Waals surface area contributed by atoms with Gasteiger partial charge in [-0.3, -0.25) is 4.90 Å². The third kappa shape index (κ3) is 2.60. The van der Waals surface area contributed by atoms with Crippen molar-refractivity contribution >= 4 is 11.3 Å². The van der Waals surface area contributed by atoms with Gasteiger partial charge in [-0.15, -0.1) is 11.3 Å². The lowest BCUT2D eigenvalue weighted by molar-refractivity contribution is 0.143. The van der Waals surface area contributed by atoms with Crippen LogP contribution in [-0.2, 0) is 0 Å². The summed E-state index contributed by atoms with van der Waals surface area (Å²) in [7, 11) is 0. The number of thiophene rings is 1. The fraction of sp³-hybridized carbons (Fsp3) is 0.667. The van der Waals surface area contributed by atoms with E-state index in [0.717, 1.165) is 12.5 Å². The molecular formula is C12H20N2S. The standard InChI is InChI=1S/C12H20N2S/c1-10-4-6-14(7-5-10)11(9-13)12-3-2-8-15-12/h2-3,8,10-11H,4-7,9,13H2,1H3/t11-/m0/s1. The van der Waals surface area contributed by atoms with Crippen LogP contribution in [0.15, 0.2) is 17.5 Å². The molecule has 1 fully saturated rings. The van der Waals surface area contributed by atoms with E-state index in [1.54, 1.807) is 0 Å². The molecule has 1 aliphatic rings. The molecule has 0 unspecified atom stereocenters. The predicted octanol–water partition coefficient (Wildman–Crippen LogP) is 2.48. The zero-order valence-electron chi connectivity index (χ0n) is 9.36. The van der Waals surface area contributed by atoms with Crippen molar-refractivity contribution in [3.8, 4) is 0 Å². The van der Waals surface area contributed by atoms with Gasteiger partial charge in [0.1, 0.15) is 0 Å². The van der Waals surface area contributed by atoms with Crippen LogP contribution in [0, 0.1) is 5.92 Å². The van der Waals surface area contributed by atoms with E-state index in [9.17, 15) is 0 Å². The normalized spacial score (nSPS) is 21.7. The Morgan fingerprint density at radius 3 is 2.80 bits per heavy atom. The summed E-state index contributed by atoms with van der Waals surface area (Å²) in [4.78, 5) is 3.97. The highest BCUT2D eigenvalue weighted by Crippen LogP contribution is 2.28. The lowest BCUT2D eigenvalue weighted by Gasteiger charge is -2.35. The third-order valence-electron chi connectivity index (χ3n) is 3.35. The Kier molecular flexibility index (Phi) is 3.78. The zero-order valence-corrected chi connectivity index (χ0v) is 10.2. The van der Waals surface area contributed by atoms with Gasteiger partial charge in [-0.1, -0.05) is 13.0 Å². The molecule has 2 nitrogen and oxygen atoms in total. The minimum Gasteiger partial charge on any atom is -0.329 e. The second-order valence-electron chi connectivity index (χ2n) is 4.49. The molecule has 3 heteroatoms. The van der Waals surface area contributed by atoms with Gasteiger partial charge in [0.25, 0.3) is 0 Å². The lowest BCUT2D eigenvalue weighted by atomic mass is 9.97. The first-order valence-corrected chi connectivity index (χ1v) is 6.66. The molecule has 0 radical (unpaired) electrons. The summed E-state index contributed by atoms with van der Waals surface area (Å²) < 4.78 is 0. The minimum absolute atomic E-state index is 0.456. The second-order valence-corrected chi connectivity index (χ2v) is 5.46. The molecule has 1 aromatic heterocycles. The average molecular weight is 224 g/mol. The van der Waals surface area contributed by atoms with Crippen LogP contribution in [0.3, 0.4) is 0 Å². The van der Waals surface area contributed by atoms with E-state index in [4.69, 9.17) is 5.73 Å². The molecule has 0 amide bonds. The molecule has 84 valence electrons. The third-order valence-corrected chi connectivity index (χ3v) is 4.33. The van der Waals surface area contributed by atoms with E-state index in [-0.39, 0.29) is 0 Å². The van der Waals surface area contributed by atoms with E-state index in [1.807, 2.05) is 11.3 Å².